The molecule has 3 nitrogen and oxygen atoms in total. The van der Waals surface area contributed by atoms with Crippen LogP contribution in [0.15, 0.2) is 0 Å². The van der Waals surface area contributed by atoms with Crippen molar-refractivity contribution in [3.8, 4) is 0 Å². The van der Waals surface area contributed by atoms with Crippen molar-refractivity contribution in [2.75, 3.05) is 13.1 Å². The first-order chi connectivity index (χ1) is 7.95. The van der Waals surface area contributed by atoms with Gasteiger partial charge in [0.05, 0.1) is 0 Å². The molecule has 0 spiro atoms. The molecule has 0 atom stereocenters. The fourth-order valence-corrected chi connectivity index (χ4v) is 2.22. The van der Waals surface area contributed by atoms with E-state index in [1.165, 1.54) is 12.8 Å². The Kier molecular flexibility index (Phi) is 7.44. The number of hydrogen-bond donors (Lipinski definition) is 1. The molecular weight excluding hydrogens is 214 g/mol. The first-order valence-corrected chi connectivity index (χ1v) is 6.97. The largest absolute Gasteiger partial charge is 0.381 e. The van der Waals surface area contributed by atoms with Crippen molar-refractivity contribution in [1.82, 2.24) is 4.90 Å². The van der Waals surface area contributed by atoms with Gasteiger partial charge in [0.25, 0.3) is 5.91 Å². The number of likely N-dealkylation sites (tertiary alicyclic amines) is 1. The van der Waals surface area contributed by atoms with E-state index in [2.05, 4.69) is 6.92 Å². The summed E-state index contributed by atoms with van der Waals surface area (Å²) < 4.78 is 0. The Morgan fingerprint density at radius 3 is 2.12 bits per heavy atom. The smallest absolute Gasteiger partial charge is 0.253 e. The van der Waals surface area contributed by atoms with E-state index in [-0.39, 0.29) is 5.91 Å². The highest BCUT2D eigenvalue weighted by atomic mass is 16.3. The molecule has 1 aliphatic heterocycles. The Morgan fingerprint density at radius 1 is 1.29 bits per heavy atom. The number of hydrogen-bond acceptors (Lipinski definition) is 2. The van der Waals surface area contributed by atoms with E-state index < -0.39 is 5.60 Å². The van der Waals surface area contributed by atoms with Crippen molar-refractivity contribution in [3.63, 3.8) is 0 Å². The van der Waals surface area contributed by atoms with Crippen LogP contribution in [0.4, 0.5) is 0 Å². The Hall–Kier alpha value is -0.570. The van der Waals surface area contributed by atoms with Crippen LogP contribution in [0.3, 0.4) is 0 Å². The van der Waals surface area contributed by atoms with E-state index in [1.807, 2.05) is 13.8 Å². The average molecular weight is 243 g/mol. The molecule has 0 aromatic carbocycles. The van der Waals surface area contributed by atoms with Gasteiger partial charge < -0.3 is 10.0 Å². The standard InChI is InChI=1S/C12H23NO2.C2H6/c1-4-5-10-6-8-13(9-7-10)11(14)12(2,3)15;1-2/h10,15H,4-9H2,1-3H3;1-2H3. The van der Waals surface area contributed by atoms with Gasteiger partial charge in [-0.25, -0.2) is 0 Å². The maximum atomic E-state index is 11.8. The van der Waals surface area contributed by atoms with Crippen molar-refractivity contribution >= 4 is 5.91 Å². The molecular formula is C14H29NO2. The van der Waals surface area contributed by atoms with Crippen molar-refractivity contribution in [1.29, 1.82) is 0 Å². The molecule has 3 heteroatoms. The van der Waals surface area contributed by atoms with Gasteiger partial charge in [0.2, 0.25) is 0 Å². The lowest BCUT2D eigenvalue weighted by Crippen LogP contribution is -2.48. The van der Waals surface area contributed by atoms with Gasteiger partial charge in [-0.05, 0) is 32.6 Å². The van der Waals surface area contributed by atoms with Gasteiger partial charge >= 0.3 is 0 Å². The molecule has 1 rings (SSSR count). The van der Waals surface area contributed by atoms with Crippen LogP contribution in [0.5, 0.6) is 0 Å². The Morgan fingerprint density at radius 2 is 1.76 bits per heavy atom. The van der Waals surface area contributed by atoms with Gasteiger partial charge in [0.15, 0.2) is 0 Å². The van der Waals surface area contributed by atoms with Crippen LogP contribution >= 0.6 is 0 Å². The lowest BCUT2D eigenvalue weighted by Gasteiger charge is -2.35. The van der Waals surface area contributed by atoms with Gasteiger partial charge in [-0.3, -0.25) is 4.79 Å². The zero-order valence-electron chi connectivity index (χ0n) is 12.1. The second kappa shape index (κ2) is 7.70. The van der Waals surface area contributed by atoms with Crippen LogP contribution in [0.25, 0.3) is 0 Å². The summed E-state index contributed by atoms with van der Waals surface area (Å²) in [7, 11) is 0. The van der Waals surface area contributed by atoms with E-state index in [1.54, 1.807) is 18.7 Å². The van der Waals surface area contributed by atoms with E-state index in [4.69, 9.17) is 0 Å². The maximum Gasteiger partial charge on any atom is 0.253 e. The Balaban J connectivity index is 0.00000121. The minimum absolute atomic E-state index is 0.127. The summed E-state index contributed by atoms with van der Waals surface area (Å²) in [5.74, 6) is 0.651. The normalized spacial score (nSPS) is 17.4. The summed E-state index contributed by atoms with van der Waals surface area (Å²) in [4.78, 5) is 13.6. The predicted octanol–water partition coefficient (Wildman–Crippen LogP) is 2.82. The van der Waals surface area contributed by atoms with Crippen LogP contribution in [0.1, 0.15) is 60.3 Å². The van der Waals surface area contributed by atoms with Gasteiger partial charge in [0.1, 0.15) is 5.60 Å². The first-order valence-electron chi connectivity index (χ1n) is 6.97. The highest BCUT2D eigenvalue weighted by Gasteiger charge is 2.31. The van der Waals surface area contributed by atoms with Crippen molar-refractivity contribution < 1.29 is 9.90 Å². The molecule has 1 aliphatic rings. The van der Waals surface area contributed by atoms with E-state index in [9.17, 15) is 9.90 Å². The number of rotatable bonds is 3. The molecule has 17 heavy (non-hydrogen) atoms. The van der Waals surface area contributed by atoms with Crippen LogP contribution < -0.4 is 0 Å². The predicted molar refractivity (Wildman–Crippen MR) is 71.9 cm³/mol. The molecule has 0 aromatic rings. The zero-order valence-corrected chi connectivity index (χ0v) is 12.1. The van der Waals surface area contributed by atoms with Crippen molar-refractivity contribution in [2.24, 2.45) is 5.92 Å². The monoisotopic (exact) mass is 243 g/mol. The Bertz CT molecular complexity index is 213. The molecule has 1 fully saturated rings. The zero-order chi connectivity index (χ0) is 13.5. The van der Waals surface area contributed by atoms with Crippen LogP contribution in [-0.2, 0) is 4.79 Å². The highest BCUT2D eigenvalue weighted by Crippen LogP contribution is 2.23. The average Bonchev–Trinajstić information content (AvgIpc) is 2.31. The number of carbonyl (C=O) groups is 1. The second-order valence-corrected chi connectivity index (χ2v) is 5.08. The van der Waals surface area contributed by atoms with E-state index >= 15 is 0 Å². The molecule has 0 saturated carbocycles. The third kappa shape index (κ3) is 5.53. The summed E-state index contributed by atoms with van der Waals surface area (Å²) in [5, 5.41) is 9.62. The summed E-state index contributed by atoms with van der Waals surface area (Å²) in [5.41, 5.74) is -1.21. The van der Waals surface area contributed by atoms with Crippen LogP contribution in [0, 0.1) is 5.92 Å². The lowest BCUT2D eigenvalue weighted by molar-refractivity contribution is -0.149. The van der Waals surface area contributed by atoms with Gasteiger partial charge in [0, 0.05) is 13.1 Å². The number of nitrogens with zero attached hydrogens (tertiary/aromatic N) is 1. The number of aliphatic hydroxyl groups is 1. The fourth-order valence-electron chi connectivity index (χ4n) is 2.22. The highest BCUT2D eigenvalue weighted by molar-refractivity contribution is 5.84. The Labute approximate surface area is 106 Å². The molecule has 102 valence electrons. The second-order valence-electron chi connectivity index (χ2n) is 5.08. The summed E-state index contributed by atoms with van der Waals surface area (Å²) in [6.45, 7) is 11.0. The van der Waals surface area contributed by atoms with Gasteiger partial charge in [-0.2, -0.15) is 0 Å². The van der Waals surface area contributed by atoms with Gasteiger partial charge in [-0.15, -0.1) is 0 Å². The molecule has 0 bridgehead atoms. The minimum atomic E-state index is -1.21. The number of carbonyl (C=O) groups excluding carboxylic acids is 1. The van der Waals surface area contributed by atoms with Gasteiger partial charge in [-0.1, -0.05) is 33.6 Å². The topological polar surface area (TPSA) is 40.5 Å². The molecule has 0 aliphatic carbocycles. The maximum absolute atomic E-state index is 11.8. The number of amides is 1. The van der Waals surface area contributed by atoms with Crippen LogP contribution in [0.2, 0.25) is 0 Å². The molecule has 0 radical (unpaired) electrons. The summed E-state index contributed by atoms with van der Waals surface area (Å²) in [6, 6.07) is 0. The van der Waals surface area contributed by atoms with Crippen LogP contribution in [-0.4, -0.2) is 34.6 Å². The molecule has 1 N–H and O–H groups in total. The molecule has 0 unspecified atom stereocenters. The van der Waals surface area contributed by atoms with Crippen molar-refractivity contribution in [2.45, 2.75) is 65.9 Å². The molecule has 0 aromatic heterocycles. The van der Waals surface area contributed by atoms with E-state index in [0.29, 0.717) is 0 Å². The quantitative estimate of drug-likeness (QED) is 0.828. The van der Waals surface area contributed by atoms with E-state index in [0.717, 1.165) is 31.8 Å². The lowest BCUT2D eigenvalue weighted by atomic mass is 9.92. The minimum Gasteiger partial charge on any atom is -0.381 e. The molecule has 1 amide bonds. The fraction of sp³-hybridized carbons (Fsp3) is 0.929. The summed E-state index contributed by atoms with van der Waals surface area (Å²) >= 11 is 0. The third-order valence-corrected chi connectivity index (χ3v) is 3.12. The molecule has 1 saturated heterocycles. The number of piperidine rings is 1. The molecule has 1 heterocycles. The summed E-state index contributed by atoms with van der Waals surface area (Å²) in [6.07, 6.45) is 4.68. The third-order valence-electron chi connectivity index (χ3n) is 3.12. The van der Waals surface area contributed by atoms with Crippen molar-refractivity contribution in [3.05, 3.63) is 0 Å². The first kappa shape index (κ1) is 16.4. The SMILES string of the molecule is CC.CCCC1CCN(C(=O)C(C)(C)O)CC1.